The Morgan fingerprint density at radius 2 is 2.12 bits per heavy atom. The highest BCUT2D eigenvalue weighted by Crippen LogP contribution is 2.27. The number of nitrogens with zero attached hydrogens (tertiary/aromatic N) is 1. The molecule has 0 radical (unpaired) electrons. The van der Waals surface area contributed by atoms with Gasteiger partial charge in [-0.15, -0.1) is 0 Å². The minimum Gasteiger partial charge on any atom is -0.399 e. The molecule has 2 heteroatoms. The number of hydrogen-bond acceptors (Lipinski definition) is 2. The van der Waals surface area contributed by atoms with Gasteiger partial charge in [-0.05, 0) is 49.9 Å². The smallest absolute Gasteiger partial charge is 0.0316 e. The van der Waals surface area contributed by atoms with Gasteiger partial charge in [0.2, 0.25) is 0 Å². The van der Waals surface area contributed by atoms with Crippen LogP contribution >= 0.6 is 0 Å². The molecule has 2 rings (SSSR count). The van der Waals surface area contributed by atoms with Crippen LogP contribution in [-0.4, -0.2) is 24.0 Å². The van der Waals surface area contributed by atoms with Gasteiger partial charge in [-0.25, -0.2) is 0 Å². The lowest BCUT2D eigenvalue weighted by molar-refractivity contribution is 0.267. The number of rotatable bonds is 6. The second-order valence-electron chi connectivity index (χ2n) is 4.76. The van der Waals surface area contributed by atoms with Crippen molar-refractivity contribution < 1.29 is 0 Å². The minimum atomic E-state index is 0.876. The Bertz CT molecular complexity index is 331. The average molecular weight is 218 g/mol. The van der Waals surface area contributed by atoms with Gasteiger partial charge in [-0.1, -0.05) is 19.1 Å². The maximum absolute atomic E-state index is 5.78. The standard InChI is InChI=1S/C14H22N2/c1-2-9-16(14-6-7-14)10-8-12-4-3-5-13(15)11-12/h3-5,11,14H,2,6-10,15H2,1H3. The number of hydrogen-bond donors (Lipinski definition) is 1. The molecule has 0 heterocycles. The molecule has 0 atom stereocenters. The van der Waals surface area contributed by atoms with Crippen LogP contribution in [0.4, 0.5) is 5.69 Å². The molecule has 88 valence electrons. The van der Waals surface area contributed by atoms with E-state index in [9.17, 15) is 0 Å². The van der Waals surface area contributed by atoms with Crippen molar-refractivity contribution in [1.29, 1.82) is 0 Å². The van der Waals surface area contributed by atoms with Gasteiger partial charge in [0.25, 0.3) is 0 Å². The molecule has 1 fully saturated rings. The molecule has 0 bridgehead atoms. The van der Waals surface area contributed by atoms with E-state index in [1.165, 1.54) is 37.9 Å². The first-order chi connectivity index (χ1) is 7.79. The highest BCUT2D eigenvalue weighted by Gasteiger charge is 2.27. The van der Waals surface area contributed by atoms with E-state index in [-0.39, 0.29) is 0 Å². The number of nitrogen functional groups attached to an aromatic ring is 1. The summed E-state index contributed by atoms with van der Waals surface area (Å²) in [6.45, 7) is 4.69. The summed E-state index contributed by atoms with van der Waals surface area (Å²) in [7, 11) is 0. The van der Waals surface area contributed by atoms with Crippen molar-refractivity contribution in [3.8, 4) is 0 Å². The third-order valence-corrected chi connectivity index (χ3v) is 3.21. The van der Waals surface area contributed by atoms with Crippen LogP contribution in [0.25, 0.3) is 0 Å². The zero-order valence-electron chi connectivity index (χ0n) is 10.2. The molecule has 1 saturated carbocycles. The second kappa shape index (κ2) is 5.35. The van der Waals surface area contributed by atoms with Crippen LogP contribution in [0, 0.1) is 0 Å². The molecule has 0 saturated heterocycles. The van der Waals surface area contributed by atoms with Crippen molar-refractivity contribution in [3.63, 3.8) is 0 Å². The van der Waals surface area contributed by atoms with E-state index in [4.69, 9.17) is 5.73 Å². The van der Waals surface area contributed by atoms with Crippen molar-refractivity contribution in [2.45, 2.75) is 38.6 Å². The predicted molar refractivity (Wildman–Crippen MR) is 69.4 cm³/mol. The van der Waals surface area contributed by atoms with E-state index in [2.05, 4.69) is 24.0 Å². The lowest BCUT2D eigenvalue weighted by atomic mass is 10.1. The molecular formula is C14H22N2. The van der Waals surface area contributed by atoms with Gasteiger partial charge in [-0.3, -0.25) is 0 Å². The zero-order valence-corrected chi connectivity index (χ0v) is 10.2. The number of nitrogens with two attached hydrogens (primary N) is 1. The molecule has 16 heavy (non-hydrogen) atoms. The highest BCUT2D eigenvalue weighted by molar-refractivity contribution is 5.40. The normalized spacial score (nSPS) is 15.6. The quantitative estimate of drug-likeness (QED) is 0.744. The van der Waals surface area contributed by atoms with Crippen molar-refractivity contribution in [2.24, 2.45) is 0 Å². The fourth-order valence-corrected chi connectivity index (χ4v) is 2.23. The van der Waals surface area contributed by atoms with Crippen molar-refractivity contribution >= 4 is 5.69 Å². The fraction of sp³-hybridized carbons (Fsp3) is 0.571. The second-order valence-corrected chi connectivity index (χ2v) is 4.76. The Balaban J connectivity index is 1.85. The molecule has 2 nitrogen and oxygen atoms in total. The topological polar surface area (TPSA) is 29.3 Å². The maximum atomic E-state index is 5.78. The first-order valence-corrected chi connectivity index (χ1v) is 6.38. The highest BCUT2D eigenvalue weighted by atomic mass is 15.2. The summed E-state index contributed by atoms with van der Waals surface area (Å²) >= 11 is 0. The summed E-state index contributed by atoms with van der Waals surface area (Å²) in [5, 5.41) is 0. The lowest BCUT2D eigenvalue weighted by Gasteiger charge is -2.21. The van der Waals surface area contributed by atoms with Crippen LogP contribution in [0.3, 0.4) is 0 Å². The van der Waals surface area contributed by atoms with Crippen LogP contribution in [0.2, 0.25) is 0 Å². The molecule has 0 aromatic heterocycles. The van der Waals surface area contributed by atoms with Gasteiger partial charge < -0.3 is 10.6 Å². The molecule has 1 aromatic carbocycles. The Hall–Kier alpha value is -1.02. The third-order valence-electron chi connectivity index (χ3n) is 3.21. The molecule has 1 aromatic rings. The number of anilines is 1. The zero-order chi connectivity index (χ0) is 11.4. The third kappa shape index (κ3) is 3.24. The predicted octanol–water partition coefficient (Wildman–Crippen LogP) is 2.69. The first-order valence-electron chi connectivity index (χ1n) is 6.38. The fourth-order valence-electron chi connectivity index (χ4n) is 2.23. The lowest BCUT2D eigenvalue weighted by Crippen LogP contribution is -2.29. The molecular weight excluding hydrogens is 196 g/mol. The first kappa shape index (κ1) is 11.5. The van der Waals surface area contributed by atoms with Gasteiger partial charge in [0, 0.05) is 18.3 Å². The van der Waals surface area contributed by atoms with Gasteiger partial charge in [0.15, 0.2) is 0 Å². The Morgan fingerprint density at radius 1 is 1.31 bits per heavy atom. The van der Waals surface area contributed by atoms with E-state index in [1.54, 1.807) is 0 Å². The Labute approximate surface area is 98.4 Å². The minimum absolute atomic E-state index is 0.876. The summed E-state index contributed by atoms with van der Waals surface area (Å²) in [4.78, 5) is 2.63. The van der Waals surface area contributed by atoms with Gasteiger partial charge in [0.05, 0.1) is 0 Å². The summed E-state index contributed by atoms with van der Waals surface area (Å²) in [6, 6.07) is 9.14. The van der Waals surface area contributed by atoms with E-state index < -0.39 is 0 Å². The molecule has 1 aliphatic carbocycles. The molecule has 1 aliphatic rings. The largest absolute Gasteiger partial charge is 0.399 e. The van der Waals surface area contributed by atoms with Crippen LogP contribution in [0.5, 0.6) is 0 Å². The Morgan fingerprint density at radius 3 is 2.75 bits per heavy atom. The summed E-state index contributed by atoms with van der Waals surface area (Å²) < 4.78 is 0. The monoisotopic (exact) mass is 218 g/mol. The van der Waals surface area contributed by atoms with Crippen molar-refractivity contribution in [1.82, 2.24) is 4.90 Å². The number of benzene rings is 1. The summed E-state index contributed by atoms with van der Waals surface area (Å²) in [5.41, 5.74) is 8.03. The van der Waals surface area contributed by atoms with Crippen LogP contribution in [-0.2, 0) is 6.42 Å². The van der Waals surface area contributed by atoms with Crippen molar-refractivity contribution in [3.05, 3.63) is 29.8 Å². The van der Waals surface area contributed by atoms with Gasteiger partial charge in [0.1, 0.15) is 0 Å². The van der Waals surface area contributed by atoms with E-state index in [0.29, 0.717) is 0 Å². The van der Waals surface area contributed by atoms with Gasteiger partial charge >= 0.3 is 0 Å². The molecule has 0 unspecified atom stereocenters. The van der Waals surface area contributed by atoms with Crippen LogP contribution in [0.1, 0.15) is 31.7 Å². The van der Waals surface area contributed by atoms with E-state index >= 15 is 0 Å². The SMILES string of the molecule is CCCN(CCc1cccc(N)c1)C1CC1. The summed E-state index contributed by atoms with van der Waals surface area (Å²) in [6.07, 6.45) is 5.18. The summed E-state index contributed by atoms with van der Waals surface area (Å²) in [5.74, 6) is 0. The Kier molecular flexibility index (Phi) is 3.83. The van der Waals surface area contributed by atoms with Crippen molar-refractivity contribution in [2.75, 3.05) is 18.8 Å². The molecule has 0 spiro atoms. The van der Waals surface area contributed by atoms with E-state index in [0.717, 1.165) is 18.2 Å². The van der Waals surface area contributed by atoms with Gasteiger partial charge in [-0.2, -0.15) is 0 Å². The van der Waals surface area contributed by atoms with Crippen LogP contribution < -0.4 is 5.73 Å². The van der Waals surface area contributed by atoms with E-state index in [1.807, 2.05) is 12.1 Å². The van der Waals surface area contributed by atoms with Crippen LogP contribution in [0.15, 0.2) is 24.3 Å². The average Bonchev–Trinajstić information content (AvgIpc) is 3.08. The molecule has 2 N–H and O–H groups in total. The molecule has 0 aliphatic heterocycles. The molecule has 0 amide bonds. The maximum Gasteiger partial charge on any atom is 0.0316 e.